The van der Waals surface area contributed by atoms with Crippen molar-refractivity contribution in [3.8, 4) is 0 Å². The number of nitrogens with zero attached hydrogens (tertiary/aromatic N) is 5. The summed E-state index contributed by atoms with van der Waals surface area (Å²) in [6.07, 6.45) is 3.45. The lowest BCUT2D eigenvalue weighted by atomic mass is 10.1. The highest BCUT2D eigenvalue weighted by molar-refractivity contribution is 8.07. The number of aromatic amines is 1. The molecule has 0 radical (unpaired) electrons. The number of nitrogen functional groups attached to an aromatic ring is 1. The molecule has 0 spiro atoms. The van der Waals surface area contributed by atoms with Gasteiger partial charge in [0.2, 0.25) is 0 Å². The van der Waals surface area contributed by atoms with Crippen LogP contribution in [0.4, 0.5) is 5.82 Å². The summed E-state index contributed by atoms with van der Waals surface area (Å²) in [5, 5.41) is 13.4. The van der Waals surface area contributed by atoms with Crippen molar-refractivity contribution in [2.24, 2.45) is 0 Å². The number of nitrogens with two attached hydrogens (primary N) is 1. The molecule has 3 aromatic rings. The van der Waals surface area contributed by atoms with Crippen molar-refractivity contribution in [1.82, 2.24) is 34.4 Å². The molecule has 7 atom stereocenters. The van der Waals surface area contributed by atoms with E-state index in [1.165, 1.54) is 17.1 Å². The molecule has 230 valence electrons. The Morgan fingerprint density at radius 3 is 2.74 bits per heavy atom. The van der Waals surface area contributed by atoms with Gasteiger partial charge in [0, 0.05) is 30.6 Å². The minimum Gasteiger partial charge on any atom is -0.394 e. The van der Waals surface area contributed by atoms with E-state index in [4.69, 9.17) is 36.1 Å². The fourth-order valence-electron chi connectivity index (χ4n) is 5.13. The number of rotatable bonds is 12. The summed E-state index contributed by atoms with van der Waals surface area (Å²) in [7, 11) is 0. The van der Waals surface area contributed by atoms with Crippen molar-refractivity contribution in [1.29, 1.82) is 0 Å². The summed E-state index contributed by atoms with van der Waals surface area (Å²) in [4.78, 5) is 49.9. The zero-order valence-electron chi connectivity index (χ0n) is 23.2. The molecular formula is C24H35N8O8PS. The van der Waals surface area contributed by atoms with E-state index in [1.54, 1.807) is 17.8 Å². The summed E-state index contributed by atoms with van der Waals surface area (Å²) >= 11 is 5.31. The number of anilines is 1. The molecule has 1 unspecified atom stereocenters. The Morgan fingerprint density at radius 1 is 1.21 bits per heavy atom. The Morgan fingerprint density at radius 2 is 1.98 bits per heavy atom. The summed E-state index contributed by atoms with van der Waals surface area (Å²) in [6.45, 7) is 0.0583. The van der Waals surface area contributed by atoms with Crippen molar-refractivity contribution in [3.05, 3.63) is 45.3 Å². The lowest BCUT2D eigenvalue weighted by molar-refractivity contribution is -0.0474. The maximum atomic E-state index is 12.3. The van der Waals surface area contributed by atoms with Crippen LogP contribution in [0.3, 0.4) is 0 Å². The van der Waals surface area contributed by atoms with E-state index >= 15 is 0 Å². The Bertz CT molecular complexity index is 1570. The number of fused-ring (bicyclic) bond motifs is 1. The van der Waals surface area contributed by atoms with Gasteiger partial charge in [-0.3, -0.25) is 18.9 Å². The van der Waals surface area contributed by atoms with Gasteiger partial charge in [-0.05, 0) is 31.7 Å². The zero-order chi connectivity index (χ0) is 30.0. The SMILES string of the molecule is CCCCN[C@H]1C[C@H](n2cnc3c(N)ncnc32)O[C@@H]1COP(O)(=S)O[C@H]1C[C@H](n2cc(C)c(=O)[nH]c2=O)O[C@@H]1CO. The van der Waals surface area contributed by atoms with Crippen molar-refractivity contribution >= 4 is 35.5 Å². The molecule has 5 rings (SSSR count). The smallest absolute Gasteiger partial charge is 0.330 e. The summed E-state index contributed by atoms with van der Waals surface area (Å²) in [6, 6.07) is -0.132. The summed E-state index contributed by atoms with van der Waals surface area (Å²) in [5.41, 5.74) is 6.11. The van der Waals surface area contributed by atoms with Crippen LogP contribution in [-0.2, 0) is 30.3 Å². The van der Waals surface area contributed by atoms with Gasteiger partial charge in [-0.1, -0.05) is 13.3 Å². The number of hydrogen-bond donors (Lipinski definition) is 5. The van der Waals surface area contributed by atoms with E-state index in [2.05, 4.69) is 32.2 Å². The van der Waals surface area contributed by atoms with E-state index in [0.717, 1.165) is 19.4 Å². The molecule has 18 heteroatoms. The maximum absolute atomic E-state index is 12.3. The predicted molar refractivity (Wildman–Crippen MR) is 154 cm³/mol. The molecule has 0 saturated carbocycles. The Balaban J connectivity index is 1.26. The molecule has 5 heterocycles. The molecule has 16 nitrogen and oxygen atoms in total. The third kappa shape index (κ3) is 6.64. The van der Waals surface area contributed by atoms with Crippen LogP contribution in [-0.4, -0.2) is 83.2 Å². The minimum atomic E-state index is -3.84. The predicted octanol–water partition coefficient (Wildman–Crippen LogP) is 0.211. The average Bonchev–Trinajstić information content (AvgIpc) is 3.67. The first-order valence-electron chi connectivity index (χ1n) is 13.7. The number of hydrogen-bond acceptors (Lipinski definition) is 13. The quantitative estimate of drug-likeness (QED) is 0.134. The normalized spacial score (nSPS) is 27.5. The van der Waals surface area contributed by atoms with E-state index in [-0.39, 0.29) is 24.9 Å². The topological polar surface area (TPSA) is 214 Å². The van der Waals surface area contributed by atoms with Gasteiger partial charge in [-0.2, -0.15) is 0 Å². The number of ether oxygens (including phenoxy) is 2. The van der Waals surface area contributed by atoms with Gasteiger partial charge >= 0.3 is 12.4 Å². The largest absolute Gasteiger partial charge is 0.394 e. The van der Waals surface area contributed by atoms with Crippen LogP contribution in [0.2, 0.25) is 0 Å². The summed E-state index contributed by atoms with van der Waals surface area (Å²) in [5.74, 6) is 0.271. The lowest BCUT2D eigenvalue weighted by Gasteiger charge is -2.25. The van der Waals surface area contributed by atoms with Crippen LogP contribution in [0.25, 0.3) is 11.2 Å². The number of nitrogens with one attached hydrogen (secondary N) is 2. The van der Waals surface area contributed by atoms with E-state index < -0.39 is 55.3 Å². The first-order chi connectivity index (χ1) is 20.1. The van der Waals surface area contributed by atoms with Crippen LogP contribution in [0, 0.1) is 6.92 Å². The molecule has 2 saturated heterocycles. The van der Waals surface area contributed by atoms with E-state index in [1.807, 2.05) is 0 Å². The van der Waals surface area contributed by atoms with Crippen molar-refractivity contribution in [2.45, 2.75) is 76.3 Å². The van der Waals surface area contributed by atoms with Crippen molar-refractivity contribution in [2.75, 3.05) is 25.5 Å². The number of aromatic nitrogens is 6. The highest BCUT2D eigenvalue weighted by atomic mass is 32.5. The number of imidazole rings is 1. The molecule has 2 fully saturated rings. The Hall–Kier alpha value is -2.60. The summed E-state index contributed by atoms with van der Waals surface area (Å²) < 4.78 is 26.6. The van der Waals surface area contributed by atoms with Crippen LogP contribution >= 0.6 is 6.72 Å². The van der Waals surface area contributed by atoms with Crippen LogP contribution in [0.15, 0.2) is 28.4 Å². The Labute approximate surface area is 245 Å². The fourth-order valence-corrected chi connectivity index (χ4v) is 6.61. The minimum absolute atomic E-state index is 0.0722. The fraction of sp³-hybridized carbons (Fsp3) is 0.625. The second-order valence-electron chi connectivity index (χ2n) is 10.3. The van der Waals surface area contributed by atoms with Crippen LogP contribution < -0.4 is 22.3 Å². The van der Waals surface area contributed by atoms with E-state index in [0.29, 0.717) is 23.1 Å². The molecule has 0 amide bonds. The average molecular weight is 627 g/mol. The number of H-pyrrole nitrogens is 1. The number of aryl methyl sites for hydroxylation is 1. The first-order valence-corrected chi connectivity index (χ1v) is 16.2. The molecule has 2 aliphatic rings. The van der Waals surface area contributed by atoms with Crippen molar-refractivity contribution in [3.63, 3.8) is 0 Å². The second kappa shape index (κ2) is 13.0. The van der Waals surface area contributed by atoms with Gasteiger partial charge in [0.1, 0.15) is 30.4 Å². The third-order valence-electron chi connectivity index (χ3n) is 7.36. The second-order valence-corrected chi connectivity index (χ2v) is 13.1. The van der Waals surface area contributed by atoms with E-state index in [9.17, 15) is 19.6 Å². The number of unbranched alkanes of at least 4 members (excludes halogenated alkanes) is 1. The molecule has 6 N–H and O–H groups in total. The number of aliphatic hydroxyl groups excluding tert-OH is 1. The number of aliphatic hydroxyl groups is 1. The molecule has 0 aliphatic carbocycles. The van der Waals surface area contributed by atoms with Gasteiger partial charge in [-0.25, -0.2) is 19.7 Å². The molecule has 0 bridgehead atoms. The van der Waals surface area contributed by atoms with Gasteiger partial charge in [-0.15, -0.1) is 0 Å². The molecule has 0 aromatic carbocycles. The standard InChI is InChI=1S/C24H35N8O8PS/c1-3-4-5-26-14-6-18(32-12-29-20-21(25)27-11-28-22(20)32)39-17(14)10-37-41(36,42)40-15-7-19(38-16(15)9-33)31-8-13(2)23(34)30-24(31)35/h8,11-12,14-19,26,33H,3-7,9-10H2,1-2H3,(H,36,42)(H2,25,27,28)(H,30,34,35)/t14-,15-,16+,17+,18+,19+,41?/m0/s1. The highest BCUT2D eigenvalue weighted by Crippen LogP contribution is 2.49. The monoisotopic (exact) mass is 626 g/mol. The van der Waals surface area contributed by atoms with Crippen LogP contribution in [0.1, 0.15) is 50.6 Å². The zero-order valence-corrected chi connectivity index (χ0v) is 24.9. The maximum Gasteiger partial charge on any atom is 0.330 e. The first kappa shape index (κ1) is 30.8. The van der Waals surface area contributed by atoms with Gasteiger partial charge in [0.25, 0.3) is 5.56 Å². The van der Waals surface area contributed by atoms with Gasteiger partial charge < -0.3 is 39.6 Å². The Kier molecular flexibility index (Phi) is 9.51. The molecule has 2 aliphatic heterocycles. The van der Waals surface area contributed by atoms with Gasteiger partial charge in [0.15, 0.2) is 11.5 Å². The lowest BCUT2D eigenvalue weighted by Crippen LogP contribution is -2.39. The highest BCUT2D eigenvalue weighted by Gasteiger charge is 2.42. The molecular weight excluding hydrogens is 591 g/mol. The molecule has 42 heavy (non-hydrogen) atoms. The van der Waals surface area contributed by atoms with Crippen molar-refractivity contribution < 1.29 is 28.5 Å². The molecule has 3 aromatic heterocycles. The van der Waals surface area contributed by atoms with Crippen LogP contribution in [0.5, 0.6) is 0 Å². The van der Waals surface area contributed by atoms with Gasteiger partial charge in [0.05, 0.1) is 31.7 Å². The third-order valence-corrected chi connectivity index (χ3v) is 8.94.